The quantitative estimate of drug-likeness (QED) is 0.796. The Morgan fingerprint density at radius 1 is 1.56 bits per heavy atom. The van der Waals surface area contributed by atoms with Crippen LogP contribution in [-0.4, -0.2) is 33.5 Å². The van der Waals surface area contributed by atoms with E-state index in [0.717, 1.165) is 18.4 Å². The summed E-state index contributed by atoms with van der Waals surface area (Å²) >= 11 is 4.98. The Bertz CT molecular complexity index is 502. The van der Waals surface area contributed by atoms with Crippen LogP contribution in [0.25, 0.3) is 0 Å². The molecule has 2 rings (SSSR count). The van der Waals surface area contributed by atoms with Crippen LogP contribution in [0.15, 0.2) is 18.2 Å². The van der Waals surface area contributed by atoms with Crippen molar-refractivity contribution in [2.45, 2.75) is 25.8 Å². The summed E-state index contributed by atoms with van der Waals surface area (Å²) < 4.78 is 0. The van der Waals surface area contributed by atoms with Gasteiger partial charge in [-0.1, -0.05) is 23.8 Å². The Hall–Kier alpha value is -1.62. The first-order chi connectivity index (χ1) is 8.50. The lowest BCUT2D eigenvalue weighted by molar-refractivity contribution is 0.0767. The van der Waals surface area contributed by atoms with Gasteiger partial charge in [0.25, 0.3) is 5.91 Å². The molecular formula is C13H16N2O2S. The second-order valence-corrected chi connectivity index (χ2v) is 5.05. The Morgan fingerprint density at radius 2 is 2.28 bits per heavy atom. The van der Waals surface area contributed by atoms with Crippen LogP contribution in [0.4, 0.5) is 0 Å². The van der Waals surface area contributed by atoms with Crippen molar-refractivity contribution in [3.8, 4) is 5.75 Å². The summed E-state index contributed by atoms with van der Waals surface area (Å²) in [6.07, 6.45) is 1.69. The van der Waals surface area contributed by atoms with Gasteiger partial charge in [-0.25, -0.2) is 0 Å². The maximum absolute atomic E-state index is 12.4. The third-order valence-corrected chi connectivity index (χ3v) is 3.50. The Labute approximate surface area is 111 Å². The average molecular weight is 264 g/mol. The van der Waals surface area contributed by atoms with Gasteiger partial charge in [-0.05, 0) is 31.9 Å². The van der Waals surface area contributed by atoms with Crippen LogP contribution < -0.4 is 5.73 Å². The van der Waals surface area contributed by atoms with Crippen molar-refractivity contribution in [2.75, 3.05) is 6.54 Å². The lowest BCUT2D eigenvalue weighted by atomic mass is 10.1. The van der Waals surface area contributed by atoms with E-state index in [0.29, 0.717) is 17.1 Å². The van der Waals surface area contributed by atoms with Gasteiger partial charge < -0.3 is 15.7 Å². The first kappa shape index (κ1) is 12.8. The summed E-state index contributed by atoms with van der Waals surface area (Å²) in [5, 5.41) is 9.78. The molecule has 0 radical (unpaired) electrons. The molecule has 4 nitrogen and oxygen atoms in total. The number of rotatable bonds is 2. The number of nitrogens with zero attached hydrogens (tertiary/aromatic N) is 1. The van der Waals surface area contributed by atoms with Crippen molar-refractivity contribution < 1.29 is 9.90 Å². The zero-order valence-corrected chi connectivity index (χ0v) is 11.0. The van der Waals surface area contributed by atoms with E-state index in [9.17, 15) is 9.90 Å². The van der Waals surface area contributed by atoms with Crippen LogP contribution in [-0.2, 0) is 0 Å². The standard InChI is InChI=1S/C13H16N2O2S/c1-8-4-5-11(16)9(7-8)13(17)15-6-2-3-10(15)12(14)18/h4-5,7,10,16H,2-3,6H2,1H3,(H2,14,18). The van der Waals surface area contributed by atoms with E-state index >= 15 is 0 Å². The number of hydrogen-bond donors (Lipinski definition) is 2. The number of carbonyl (C=O) groups is 1. The number of aryl methyl sites for hydroxylation is 1. The monoisotopic (exact) mass is 264 g/mol. The molecule has 3 N–H and O–H groups in total. The number of carbonyl (C=O) groups excluding carboxylic acids is 1. The molecule has 0 spiro atoms. The zero-order valence-electron chi connectivity index (χ0n) is 10.2. The summed E-state index contributed by atoms with van der Waals surface area (Å²) in [5.74, 6) is -0.203. The van der Waals surface area contributed by atoms with Gasteiger partial charge in [0, 0.05) is 6.54 Å². The predicted molar refractivity (Wildman–Crippen MR) is 73.7 cm³/mol. The van der Waals surface area contributed by atoms with Crippen LogP contribution in [0.2, 0.25) is 0 Å². The minimum atomic E-state index is -0.202. The maximum atomic E-state index is 12.4. The average Bonchev–Trinajstić information content (AvgIpc) is 2.80. The van der Waals surface area contributed by atoms with Crippen molar-refractivity contribution in [1.82, 2.24) is 4.90 Å². The SMILES string of the molecule is Cc1ccc(O)c(C(=O)N2CCCC2C(N)=S)c1. The number of aromatic hydroxyl groups is 1. The van der Waals surface area contributed by atoms with Crippen LogP contribution in [0.5, 0.6) is 5.75 Å². The molecular weight excluding hydrogens is 248 g/mol. The molecule has 1 aliphatic heterocycles. The summed E-state index contributed by atoms with van der Waals surface area (Å²) in [7, 11) is 0. The molecule has 1 aromatic carbocycles. The van der Waals surface area contributed by atoms with Gasteiger partial charge in [-0.2, -0.15) is 0 Å². The lowest BCUT2D eigenvalue weighted by Gasteiger charge is -2.24. The topological polar surface area (TPSA) is 66.6 Å². The van der Waals surface area contributed by atoms with Gasteiger partial charge in [0.2, 0.25) is 0 Å². The molecule has 1 aliphatic rings. The Kier molecular flexibility index (Phi) is 3.52. The van der Waals surface area contributed by atoms with E-state index < -0.39 is 0 Å². The van der Waals surface area contributed by atoms with Crippen molar-refractivity contribution in [3.05, 3.63) is 29.3 Å². The number of phenols is 1. The number of benzene rings is 1. The second kappa shape index (κ2) is 4.94. The van der Waals surface area contributed by atoms with E-state index in [1.54, 1.807) is 17.0 Å². The van der Waals surface area contributed by atoms with Gasteiger partial charge in [-0.15, -0.1) is 0 Å². The fourth-order valence-corrected chi connectivity index (χ4v) is 2.53. The van der Waals surface area contributed by atoms with Gasteiger partial charge in [0.1, 0.15) is 5.75 Å². The molecule has 0 saturated carbocycles. The minimum absolute atomic E-state index is 0.000750. The number of likely N-dealkylation sites (tertiary alicyclic amines) is 1. The highest BCUT2D eigenvalue weighted by Gasteiger charge is 2.32. The number of thiocarbonyl (C=S) groups is 1. The van der Waals surface area contributed by atoms with Gasteiger partial charge in [0.05, 0.1) is 16.6 Å². The number of amides is 1. The first-order valence-corrected chi connectivity index (χ1v) is 6.31. The van der Waals surface area contributed by atoms with E-state index in [-0.39, 0.29) is 17.7 Å². The predicted octanol–water partition coefficient (Wildman–Crippen LogP) is 1.59. The molecule has 1 atom stereocenters. The van der Waals surface area contributed by atoms with Crippen LogP contribution in [0.3, 0.4) is 0 Å². The number of phenolic OH excluding ortho intramolecular Hbond substituents is 1. The van der Waals surface area contributed by atoms with Gasteiger partial charge in [-0.3, -0.25) is 4.79 Å². The fraction of sp³-hybridized carbons (Fsp3) is 0.385. The molecule has 1 unspecified atom stereocenters. The highest BCUT2D eigenvalue weighted by molar-refractivity contribution is 7.80. The van der Waals surface area contributed by atoms with Crippen molar-refractivity contribution in [1.29, 1.82) is 0 Å². The molecule has 0 aliphatic carbocycles. The van der Waals surface area contributed by atoms with Crippen LogP contribution >= 0.6 is 12.2 Å². The normalized spacial score (nSPS) is 18.9. The lowest BCUT2D eigenvalue weighted by Crippen LogP contribution is -2.42. The molecule has 1 heterocycles. The maximum Gasteiger partial charge on any atom is 0.258 e. The van der Waals surface area contributed by atoms with Crippen LogP contribution in [0, 0.1) is 6.92 Å². The van der Waals surface area contributed by atoms with Crippen molar-refractivity contribution in [3.63, 3.8) is 0 Å². The second-order valence-electron chi connectivity index (χ2n) is 4.58. The highest BCUT2D eigenvalue weighted by Crippen LogP contribution is 2.25. The molecule has 0 bridgehead atoms. The Morgan fingerprint density at radius 3 is 2.94 bits per heavy atom. The number of hydrogen-bond acceptors (Lipinski definition) is 3. The molecule has 1 amide bonds. The molecule has 1 saturated heterocycles. The van der Waals surface area contributed by atoms with E-state index in [1.165, 1.54) is 6.07 Å². The third kappa shape index (κ3) is 2.31. The summed E-state index contributed by atoms with van der Waals surface area (Å²) in [6, 6.07) is 4.80. The van der Waals surface area contributed by atoms with E-state index in [1.807, 2.05) is 6.92 Å². The summed E-state index contributed by atoms with van der Waals surface area (Å²) in [4.78, 5) is 14.4. The van der Waals surface area contributed by atoms with E-state index in [4.69, 9.17) is 18.0 Å². The zero-order chi connectivity index (χ0) is 13.3. The molecule has 0 aromatic heterocycles. The van der Waals surface area contributed by atoms with E-state index in [2.05, 4.69) is 0 Å². The van der Waals surface area contributed by atoms with Gasteiger partial charge >= 0.3 is 0 Å². The van der Waals surface area contributed by atoms with Gasteiger partial charge in [0.15, 0.2) is 0 Å². The Balaban J connectivity index is 2.31. The third-order valence-electron chi connectivity index (χ3n) is 3.22. The molecule has 96 valence electrons. The molecule has 1 aromatic rings. The first-order valence-electron chi connectivity index (χ1n) is 5.90. The minimum Gasteiger partial charge on any atom is -0.507 e. The molecule has 1 fully saturated rings. The fourth-order valence-electron chi connectivity index (χ4n) is 2.28. The number of nitrogens with two attached hydrogens (primary N) is 1. The van der Waals surface area contributed by atoms with Crippen LogP contribution in [0.1, 0.15) is 28.8 Å². The summed E-state index contributed by atoms with van der Waals surface area (Å²) in [6.45, 7) is 2.51. The smallest absolute Gasteiger partial charge is 0.258 e. The molecule has 5 heteroatoms. The van der Waals surface area contributed by atoms with Crippen molar-refractivity contribution >= 4 is 23.1 Å². The largest absolute Gasteiger partial charge is 0.507 e. The van der Waals surface area contributed by atoms with Crippen molar-refractivity contribution in [2.24, 2.45) is 5.73 Å². The highest BCUT2D eigenvalue weighted by atomic mass is 32.1. The summed E-state index contributed by atoms with van der Waals surface area (Å²) in [5.41, 5.74) is 6.90. The molecule has 18 heavy (non-hydrogen) atoms.